The third kappa shape index (κ3) is 4.96. The fourth-order valence-electron chi connectivity index (χ4n) is 5.28. The first kappa shape index (κ1) is 26.0. The van der Waals surface area contributed by atoms with Gasteiger partial charge in [0.2, 0.25) is 0 Å². The van der Waals surface area contributed by atoms with Crippen LogP contribution in [0.4, 0.5) is 0 Å². The second-order valence-corrected chi connectivity index (χ2v) is 10.7. The van der Waals surface area contributed by atoms with Crippen LogP contribution in [0.5, 0.6) is 0 Å². The molecule has 0 aliphatic carbocycles. The minimum atomic E-state index is -0.984. The Balaban J connectivity index is 1.43. The lowest BCUT2D eigenvalue weighted by Gasteiger charge is -2.26. The van der Waals surface area contributed by atoms with Crippen LogP contribution in [0.2, 0.25) is 0 Å². The van der Waals surface area contributed by atoms with E-state index in [4.69, 9.17) is 4.98 Å². The molecule has 2 aromatic heterocycles. The number of benzene rings is 4. The zero-order valence-corrected chi connectivity index (χ0v) is 22.8. The summed E-state index contributed by atoms with van der Waals surface area (Å²) in [6, 6.07) is 35.1. The number of carboxylic acid groups (broad SMARTS) is 1. The molecule has 0 spiro atoms. The molecule has 2 N–H and O–H groups in total. The summed E-state index contributed by atoms with van der Waals surface area (Å²) < 4.78 is 1.95. The second-order valence-electron chi connectivity index (χ2n) is 10.7. The molecule has 0 bridgehead atoms. The Kier molecular flexibility index (Phi) is 6.59. The summed E-state index contributed by atoms with van der Waals surface area (Å²) in [5.74, 6) is -0.468. The van der Waals surface area contributed by atoms with Gasteiger partial charge in [-0.1, -0.05) is 84.9 Å². The Morgan fingerprint density at radius 1 is 0.805 bits per heavy atom. The van der Waals surface area contributed by atoms with Gasteiger partial charge in [-0.05, 0) is 71.1 Å². The molecule has 0 atom stereocenters. The van der Waals surface area contributed by atoms with Gasteiger partial charge in [0.1, 0.15) is 11.5 Å². The van der Waals surface area contributed by atoms with Gasteiger partial charge in [-0.2, -0.15) is 0 Å². The number of imidazole rings is 1. The lowest BCUT2D eigenvalue weighted by Crippen LogP contribution is -2.28. The van der Waals surface area contributed by atoms with Crippen molar-refractivity contribution < 1.29 is 14.7 Å². The number of hydrogen-bond donors (Lipinski definition) is 2. The topological polar surface area (TPSA) is 83.7 Å². The zero-order valence-electron chi connectivity index (χ0n) is 22.8. The average Bonchev–Trinajstić information content (AvgIpc) is 3.45. The van der Waals surface area contributed by atoms with Crippen LogP contribution < -0.4 is 5.32 Å². The van der Waals surface area contributed by atoms with Gasteiger partial charge in [-0.25, -0.2) is 9.78 Å². The van der Waals surface area contributed by atoms with Crippen molar-refractivity contribution in [1.82, 2.24) is 14.7 Å². The standard InChI is InChI=1S/C35H29N3O3/c1-35(2,29-17-16-25-10-6-7-11-27(25)18-29)34-37-22-30-19-28(24-8-4-3-5-9-24)20-31(38(30)34)32(39)36-21-23-12-14-26(15-13-23)33(40)41/h3-20,22H,21H2,1-2H3,(H,36,39)(H,40,41). The molecule has 41 heavy (non-hydrogen) atoms. The van der Waals surface area contributed by atoms with Crippen LogP contribution in [0.25, 0.3) is 27.4 Å². The molecule has 0 aliphatic rings. The highest BCUT2D eigenvalue weighted by atomic mass is 16.4. The average molecular weight is 540 g/mol. The summed E-state index contributed by atoms with van der Waals surface area (Å²) in [7, 11) is 0. The molecule has 0 fully saturated rings. The van der Waals surface area contributed by atoms with E-state index in [2.05, 4.69) is 55.6 Å². The van der Waals surface area contributed by atoms with Gasteiger partial charge >= 0.3 is 5.97 Å². The van der Waals surface area contributed by atoms with Crippen molar-refractivity contribution in [2.75, 3.05) is 0 Å². The molecule has 6 heteroatoms. The number of nitrogens with zero attached hydrogens (tertiary/aromatic N) is 2. The number of carbonyl (C=O) groups is 2. The van der Waals surface area contributed by atoms with Crippen LogP contribution in [0, 0.1) is 0 Å². The first-order valence-electron chi connectivity index (χ1n) is 13.5. The minimum Gasteiger partial charge on any atom is -0.478 e. The number of carboxylic acids is 1. The Bertz CT molecular complexity index is 1910. The summed E-state index contributed by atoms with van der Waals surface area (Å²) >= 11 is 0. The number of amides is 1. The van der Waals surface area contributed by atoms with Crippen molar-refractivity contribution in [3.05, 3.63) is 144 Å². The lowest BCUT2D eigenvalue weighted by atomic mass is 9.82. The van der Waals surface area contributed by atoms with Crippen molar-refractivity contribution in [2.24, 2.45) is 0 Å². The van der Waals surface area contributed by atoms with Gasteiger partial charge in [0.25, 0.3) is 5.91 Å². The molecule has 6 aromatic rings. The van der Waals surface area contributed by atoms with E-state index >= 15 is 0 Å². The molecule has 0 unspecified atom stereocenters. The fraction of sp³-hybridized carbons (Fsp3) is 0.114. The Labute approximate surface area is 237 Å². The van der Waals surface area contributed by atoms with E-state index in [-0.39, 0.29) is 18.0 Å². The van der Waals surface area contributed by atoms with Crippen molar-refractivity contribution in [3.63, 3.8) is 0 Å². The van der Waals surface area contributed by atoms with E-state index in [1.165, 1.54) is 17.5 Å². The predicted molar refractivity (Wildman–Crippen MR) is 161 cm³/mol. The van der Waals surface area contributed by atoms with Gasteiger partial charge in [0.05, 0.1) is 17.3 Å². The summed E-state index contributed by atoms with van der Waals surface area (Å²) in [4.78, 5) is 29.9. The number of hydrogen-bond acceptors (Lipinski definition) is 3. The Morgan fingerprint density at radius 3 is 2.24 bits per heavy atom. The molecule has 6 rings (SSSR count). The number of fused-ring (bicyclic) bond motifs is 2. The number of nitrogens with one attached hydrogen (secondary N) is 1. The molecule has 0 aliphatic heterocycles. The van der Waals surface area contributed by atoms with Gasteiger partial charge in [0, 0.05) is 12.0 Å². The molecule has 6 nitrogen and oxygen atoms in total. The summed E-state index contributed by atoms with van der Waals surface area (Å²) in [6.45, 7) is 4.51. The molecule has 0 saturated carbocycles. The first-order valence-corrected chi connectivity index (χ1v) is 13.5. The third-order valence-corrected chi connectivity index (χ3v) is 7.65. The molecule has 2 heterocycles. The molecule has 1 amide bonds. The number of pyridine rings is 1. The quantitative estimate of drug-likeness (QED) is 0.226. The van der Waals surface area contributed by atoms with Gasteiger partial charge in [0.15, 0.2) is 0 Å². The van der Waals surface area contributed by atoms with Crippen molar-refractivity contribution >= 4 is 28.2 Å². The molecule has 0 saturated heterocycles. The van der Waals surface area contributed by atoms with Crippen molar-refractivity contribution in [2.45, 2.75) is 25.8 Å². The highest BCUT2D eigenvalue weighted by molar-refractivity contribution is 5.95. The normalized spacial score (nSPS) is 11.6. The van der Waals surface area contributed by atoms with E-state index < -0.39 is 11.4 Å². The maximum Gasteiger partial charge on any atom is 0.335 e. The van der Waals surface area contributed by atoms with E-state index in [0.29, 0.717) is 5.69 Å². The van der Waals surface area contributed by atoms with E-state index in [1.807, 2.05) is 59.1 Å². The number of aromatic nitrogens is 2. The van der Waals surface area contributed by atoms with Crippen molar-refractivity contribution in [3.8, 4) is 11.1 Å². The van der Waals surface area contributed by atoms with Crippen molar-refractivity contribution in [1.29, 1.82) is 0 Å². The smallest absolute Gasteiger partial charge is 0.335 e. The molecule has 0 radical (unpaired) electrons. The number of rotatable bonds is 7. The monoisotopic (exact) mass is 539 g/mol. The van der Waals surface area contributed by atoms with Gasteiger partial charge < -0.3 is 10.4 Å². The maximum absolute atomic E-state index is 13.8. The SMILES string of the molecule is CC(C)(c1ccc2ccccc2c1)c1ncc2cc(-c3ccccc3)cc(C(=O)NCc3ccc(C(=O)O)cc3)n12. The largest absolute Gasteiger partial charge is 0.478 e. The minimum absolute atomic E-state index is 0.205. The van der Waals surface area contributed by atoms with E-state index in [9.17, 15) is 14.7 Å². The molecular weight excluding hydrogens is 510 g/mol. The first-order chi connectivity index (χ1) is 19.8. The van der Waals surface area contributed by atoms with Crippen LogP contribution in [0.15, 0.2) is 115 Å². The predicted octanol–water partition coefficient (Wildman–Crippen LogP) is 7.11. The zero-order chi connectivity index (χ0) is 28.6. The maximum atomic E-state index is 13.8. The Morgan fingerprint density at radius 2 is 1.51 bits per heavy atom. The summed E-state index contributed by atoms with van der Waals surface area (Å²) in [6.07, 6.45) is 1.83. The summed E-state index contributed by atoms with van der Waals surface area (Å²) in [5.41, 5.74) is 4.83. The fourth-order valence-corrected chi connectivity index (χ4v) is 5.28. The second kappa shape index (κ2) is 10.4. The molecular formula is C35H29N3O3. The lowest BCUT2D eigenvalue weighted by molar-refractivity contribution is 0.0696. The summed E-state index contributed by atoms with van der Waals surface area (Å²) in [5, 5.41) is 14.5. The van der Waals surface area contributed by atoms with Crippen LogP contribution in [-0.2, 0) is 12.0 Å². The highest BCUT2D eigenvalue weighted by Crippen LogP contribution is 2.35. The molecule has 202 valence electrons. The van der Waals surface area contributed by atoms with Crippen LogP contribution in [0.3, 0.4) is 0 Å². The van der Waals surface area contributed by atoms with Gasteiger partial charge in [-0.3, -0.25) is 9.20 Å². The van der Waals surface area contributed by atoms with E-state index in [1.54, 1.807) is 12.1 Å². The van der Waals surface area contributed by atoms with E-state index in [0.717, 1.165) is 39.0 Å². The van der Waals surface area contributed by atoms with Crippen LogP contribution >= 0.6 is 0 Å². The molecule has 4 aromatic carbocycles. The highest BCUT2D eigenvalue weighted by Gasteiger charge is 2.30. The van der Waals surface area contributed by atoms with Crippen LogP contribution in [-0.4, -0.2) is 26.4 Å². The third-order valence-electron chi connectivity index (χ3n) is 7.65. The number of carbonyl (C=O) groups excluding carboxylic acids is 1. The Hall–Kier alpha value is -5.23. The van der Waals surface area contributed by atoms with Gasteiger partial charge in [-0.15, -0.1) is 0 Å². The number of aromatic carboxylic acids is 1. The van der Waals surface area contributed by atoms with Crippen LogP contribution in [0.1, 0.15) is 51.6 Å².